The van der Waals surface area contributed by atoms with Gasteiger partial charge in [-0.3, -0.25) is 4.98 Å². The molecule has 3 nitrogen and oxygen atoms in total. The molecule has 78 valence electrons. The SMILES string of the molecule is CC(C)(O)CCNc1cncc(Br)c1. The topological polar surface area (TPSA) is 45.1 Å². The molecule has 0 bridgehead atoms. The summed E-state index contributed by atoms with van der Waals surface area (Å²) >= 11 is 3.34. The molecule has 0 unspecified atom stereocenters. The molecule has 0 aromatic carbocycles. The van der Waals surface area contributed by atoms with Gasteiger partial charge in [-0.05, 0) is 42.3 Å². The summed E-state index contributed by atoms with van der Waals surface area (Å²) in [5, 5.41) is 12.7. The third-order valence-corrected chi connectivity index (χ3v) is 2.20. The second-order valence-corrected chi connectivity index (χ2v) is 4.80. The Bertz CT molecular complexity index is 296. The summed E-state index contributed by atoms with van der Waals surface area (Å²) in [5.41, 5.74) is 0.343. The Hall–Kier alpha value is -0.610. The van der Waals surface area contributed by atoms with Gasteiger partial charge >= 0.3 is 0 Å². The fourth-order valence-corrected chi connectivity index (χ4v) is 1.39. The van der Waals surface area contributed by atoms with Crippen molar-refractivity contribution < 1.29 is 5.11 Å². The van der Waals surface area contributed by atoms with Crippen LogP contribution in [0.4, 0.5) is 5.69 Å². The van der Waals surface area contributed by atoms with E-state index in [0.717, 1.165) is 16.7 Å². The van der Waals surface area contributed by atoms with Crippen LogP contribution in [0.15, 0.2) is 22.9 Å². The number of pyridine rings is 1. The molecule has 0 spiro atoms. The molecule has 1 heterocycles. The zero-order valence-corrected chi connectivity index (χ0v) is 10.0. The number of aliphatic hydroxyl groups is 1. The van der Waals surface area contributed by atoms with Crippen LogP contribution in [0.1, 0.15) is 20.3 Å². The molecule has 1 rings (SSSR count). The molecule has 4 heteroatoms. The molecule has 2 N–H and O–H groups in total. The quantitative estimate of drug-likeness (QED) is 0.872. The number of rotatable bonds is 4. The van der Waals surface area contributed by atoms with Gasteiger partial charge in [0.15, 0.2) is 0 Å². The summed E-state index contributed by atoms with van der Waals surface area (Å²) in [6, 6.07) is 1.96. The Balaban J connectivity index is 2.39. The van der Waals surface area contributed by atoms with Crippen LogP contribution in [0.25, 0.3) is 0 Å². The molecular weight excluding hydrogens is 244 g/mol. The molecule has 1 aromatic rings. The minimum Gasteiger partial charge on any atom is -0.390 e. The second-order valence-electron chi connectivity index (χ2n) is 3.88. The van der Waals surface area contributed by atoms with Crippen molar-refractivity contribution in [3.63, 3.8) is 0 Å². The number of anilines is 1. The van der Waals surface area contributed by atoms with Gasteiger partial charge in [-0.2, -0.15) is 0 Å². The molecule has 0 saturated heterocycles. The summed E-state index contributed by atoms with van der Waals surface area (Å²) in [6.45, 7) is 4.34. The molecule has 0 saturated carbocycles. The molecule has 0 radical (unpaired) electrons. The predicted octanol–water partition coefficient (Wildman–Crippen LogP) is 2.42. The fraction of sp³-hybridized carbons (Fsp3) is 0.500. The Labute approximate surface area is 92.7 Å². The summed E-state index contributed by atoms with van der Waals surface area (Å²) < 4.78 is 0.950. The lowest BCUT2D eigenvalue weighted by Crippen LogP contribution is -2.22. The first-order valence-corrected chi connectivity index (χ1v) is 5.33. The van der Waals surface area contributed by atoms with Crippen LogP contribution in [-0.4, -0.2) is 22.2 Å². The monoisotopic (exact) mass is 258 g/mol. The van der Waals surface area contributed by atoms with Crippen LogP contribution < -0.4 is 5.32 Å². The van der Waals surface area contributed by atoms with E-state index in [1.807, 2.05) is 6.07 Å². The van der Waals surface area contributed by atoms with Crippen LogP contribution in [0, 0.1) is 0 Å². The van der Waals surface area contributed by atoms with E-state index in [2.05, 4.69) is 26.2 Å². The number of aromatic nitrogens is 1. The van der Waals surface area contributed by atoms with Crippen LogP contribution in [0.2, 0.25) is 0 Å². The molecule has 0 aliphatic carbocycles. The van der Waals surface area contributed by atoms with Crippen molar-refractivity contribution in [2.75, 3.05) is 11.9 Å². The average Bonchev–Trinajstić information content (AvgIpc) is 2.01. The Kier molecular flexibility index (Phi) is 3.89. The van der Waals surface area contributed by atoms with Gasteiger partial charge < -0.3 is 10.4 Å². The van der Waals surface area contributed by atoms with Crippen LogP contribution >= 0.6 is 15.9 Å². The minimum absolute atomic E-state index is 0.619. The van der Waals surface area contributed by atoms with E-state index in [1.165, 1.54) is 0 Å². The first-order valence-electron chi connectivity index (χ1n) is 4.54. The van der Waals surface area contributed by atoms with Gasteiger partial charge in [0.25, 0.3) is 0 Å². The van der Waals surface area contributed by atoms with Crippen molar-refractivity contribution >= 4 is 21.6 Å². The maximum absolute atomic E-state index is 9.49. The lowest BCUT2D eigenvalue weighted by Gasteiger charge is -2.17. The van der Waals surface area contributed by atoms with Crippen molar-refractivity contribution in [2.24, 2.45) is 0 Å². The highest BCUT2D eigenvalue weighted by Gasteiger charge is 2.10. The Morgan fingerprint density at radius 3 is 2.79 bits per heavy atom. The van der Waals surface area contributed by atoms with Crippen LogP contribution in [0.3, 0.4) is 0 Å². The number of hydrogen-bond donors (Lipinski definition) is 2. The maximum atomic E-state index is 9.49. The van der Waals surface area contributed by atoms with Gasteiger partial charge in [0, 0.05) is 17.2 Å². The normalized spacial score (nSPS) is 11.4. The molecule has 14 heavy (non-hydrogen) atoms. The lowest BCUT2D eigenvalue weighted by molar-refractivity contribution is 0.0749. The number of hydrogen-bond acceptors (Lipinski definition) is 3. The third kappa shape index (κ3) is 4.58. The smallest absolute Gasteiger partial charge is 0.0608 e. The van der Waals surface area contributed by atoms with Crippen molar-refractivity contribution in [2.45, 2.75) is 25.9 Å². The Morgan fingerprint density at radius 1 is 1.50 bits per heavy atom. The standard InChI is InChI=1S/C10H15BrN2O/c1-10(2,14)3-4-13-9-5-8(11)6-12-7-9/h5-7,13-14H,3-4H2,1-2H3. The van der Waals surface area contributed by atoms with Gasteiger partial charge in [0.1, 0.15) is 0 Å². The molecular formula is C10H15BrN2O. The highest BCUT2D eigenvalue weighted by Crippen LogP contribution is 2.14. The summed E-state index contributed by atoms with van der Waals surface area (Å²) in [7, 11) is 0. The zero-order valence-electron chi connectivity index (χ0n) is 8.42. The summed E-state index contributed by atoms with van der Waals surface area (Å²) in [6.07, 6.45) is 4.20. The number of halogens is 1. The molecule has 0 amide bonds. The van der Waals surface area contributed by atoms with Crippen molar-refractivity contribution in [1.82, 2.24) is 4.98 Å². The first-order chi connectivity index (χ1) is 6.47. The first kappa shape index (κ1) is 11.5. The van der Waals surface area contributed by atoms with Crippen LogP contribution in [0.5, 0.6) is 0 Å². The van der Waals surface area contributed by atoms with E-state index >= 15 is 0 Å². The molecule has 0 fully saturated rings. The van der Waals surface area contributed by atoms with Gasteiger partial charge in [-0.1, -0.05) is 0 Å². The van der Waals surface area contributed by atoms with E-state index in [0.29, 0.717) is 6.42 Å². The minimum atomic E-state index is -0.619. The average molecular weight is 259 g/mol. The Morgan fingerprint density at radius 2 is 2.21 bits per heavy atom. The maximum Gasteiger partial charge on any atom is 0.0608 e. The van der Waals surface area contributed by atoms with E-state index in [1.54, 1.807) is 26.2 Å². The third-order valence-electron chi connectivity index (χ3n) is 1.77. The summed E-state index contributed by atoms with van der Waals surface area (Å²) in [4.78, 5) is 4.03. The van der Waals surface area contributed by atoms with Crippen molar-refractivity contribution in [1.29, 1.82) is 0 Å². The fourth-order valence-electron chi connectivity index (χ4n) is 1.02. The zero-order chi connectivity index (χ0) is 10.6. The van der Waals surface area contributed by atoms with Crippen molar-refractivity contribution in [3.05, 3.63) is 22.9 Å². The van der Waals surface area contributed by atoms with Crippen LogP contribution in [-0.2, 0) is 0 Å². The molecule has 1 aromatic heterocycles. The number of nitrogens with zero attached hydrogens (tertiary/aromatic N) is 1. The van der Waals surface area contributed by atoms with Gasteiger partial charge in [-0.25, -0.2) is 0 Å². The summed E-state index contributed by atoms with van der Waals surface area (Å²) in [5.74, 6) is 0. The van der Waals surface area contributed by atoms with Gasteiger partial charge in [-0.15, -0.1) is 0 Å². The number of nitrogens with one attached hydrogen (secondary N) is 1. The second kappa shape index (κ2) is 4.75. The highest BCUT2D eigenvalue weighted by molar-refractivity contribution is 9.10. The molecule has 0 aliphatic heterocycles. The van der Waals surface area contributed by atoms with E-state index < -0.39 is 5.60 Å². The largest absolute Gasteiger partial charge is 0.390 e. The van der Waals surface area contributed by atoms with E-state index in [4.69, 9.17) is 0 Å². The van der Waals surface area contributed by atoms with Gasteiger partial charge in [0.05, 0.1) is 17.5 Å². The lowest BCUT2D eigenvalue weighted by atomic mass is 10.1. The molecule has 0 atom stereocenters. The molecule has 0 aliphatic rings. The van der Waals surface area contributed by atoms with E-state index in [-0.39, 0.29) is 0 Å². The predicted molar refractivity (Wildman–Crippen MR) is 61.3 cm³/mol. The highest BCUT2D eigenvalue weighted by atomic mass is 79.9. The van der Waals surface area contributed by atoms with Crippen molar-refractivity contribution in [3.8, 4) is 0 Å². The van der Waals surface area contributed by atoms with Gasteiger partial charge in [0.2, 0.25) is 0 Å². The van der Waals surface area contributed by atoms with E-state index in [9.17, 15) is 5.11 Å².